The summed E-state index contributed by atoms with van der Waals surface area (Å²) >= 11 is 1.74. The van der Waals surface area contributed by atoms with Gasteiger partial charge in [0.25, 0.3) is 0 Å². The summed E-state index contributed by atoms with van der Waals surface area (Å²) in [5, 5.41) is 1.08. The SMILES string of the molecule is C=C(C)CN(C)c1nc(C)c(C)s1. The monoisotopic (exact) mass is 196 g/mol. The van der Waals surface area contributed by atoms with Crippen LogP contribution in [0.3, 0.4) is 0 Å². The zero-order valence-corrected chi connectivity index (χ0v) is 9.53. The molecule has 2 nitrogen and oxygen atoms in total. The molecule has 0 aliphatic heterocycles. The molecule has 0 fully saturated rings. The Morgan fingerprint density at radius 1 is 1.54 bits per heavy atom. The molecule has 1 aromatic rings. The Bertz CT molecular complexity index is 295. The van der Waals surface area contributed by atoms with Crippen LogP contribution in [0.5, 0.6) is 0 Å². The Morgan fingerprint density at radius 2 is 2.15 bits per heavy atom. The van der Waals surface area contributed by atoms with Crippen LogP contribution in [0.4, 0.5) is 5.13 Å². The second kappa shape index (κ2) is 3.92. The number of thiazole rings is 1. The third-order valence-corrected chi connectivity index (χ3v) is 3.04. The van der Waals surface area contributed by atoms with E-state index in [0.717, 1.165) is 22.9 Å². The van der Waals surface area contributed by atoms with Crippen LogP contribution in [0.2, 0.25) is 0 Å². The van der Waals surface area contributed by atoms with E-state index in [-0.39, 0.29) is 0 Å². The van der Waals surface area contributed by atoms with E-state index in [0.29, 0.717) is 0 Å². The summed E-state index contributed by atoms with van der Waals surface area (Å²) in [6, 6.07) is 0. The van der Waals surface area contributed by atoms with Crippen molar-refractivity contribution in [2.24, 2.45) is 0 Å². The summed E-state index contributed by atoms with van der Waals surface area (Å²) in [6.07, 6.45) is 0. The maximum absolute atomic E-state index is 4.47. The summed E-state index contributed by atoms with van der Waals surface area (Å²) in [4.78, 5) is 7.89. The summed E-state index contributed by atoms with van der Waals surface area (Å²) < 4.78 is 0. The lowest BCUT2D eigenvalue weighted by molar-refractivity contribution is 0.968. The number of hydrogen-bond acceptors (Lipinski definition) is 3. The van der Waals surface area contributed by atoms with Crippen LogP contribution >= 0.6 is 11.3 Å². The van der Waals surface area contributed by atoms with Gasteiger partial charge in [-0.3, -0.25) is 0 Å². The molecule has 0 spiro atoms. The predicted molar refractivity (Wildman–Crippen MR) is 59.7 cm³/mol. The highest BCUT2D eigenvalue weighted by molar-refractivity contribution is 7.15. The number of aromatic nitrogens is 1. The number of anilines is 1. The molecule has 0 atom stereocenters. The number of nitrogens with zero attached hydrogens (tertiary/aromatic N) is 2. The third-order valence-electron chi connectivity index (χ3n) is 1.85. The minimum Gasteiger partial charge on any atom is -0.347 e. The lowest BCUT2D eigenvalue weighted by Gasteiger charge is -2.14. The van der Waals surface area contributed by atoms with E-state index in [1.165, 1.54) is 4.88 Å². The largest absolute Gasteiger partial charge is 0.347 e. The van der Waals surface area contributed by atoms with Gasteiger partial charge in [-0.1, -0.05) is 12.2 Å². The van der Waals surface area contributed by atoms with Gasteiger partial charge in [0.2, 0.25) is 0 Å². The van der Waals surface area contributed by atoms with Gasteiger partial charge in [-0.05, 0) is 20.8 Å². The van der Waals surface area contributed by atoms with Crippen molar-refractivity contribution in [3.8, 4) is 0 Å². The summed E-state index contributed by atoms with van der Waals surface area (Å²) in [5.74, 6) is 0. The highest BCUT2D eigenvalue weighted by atomic mass is 32.1. The number of aryl methyl sites for hydroxylation is 2. The molecule has 1 rings (SSSR count). The number of likely N-dealkylation sites (N-methyl/N-ethyl adjacent to an activating group) is 1. The van der Waals surface area contributed by atoms with E-state index in [1.807, 2.05) is 20.9 Å². The molecule has 0 aliphatic carbocycles. The van der Waals surface area contributed by atoms with Gasteiger partial charge in [0.05, 0.1) is 5.69 Å². The molecule has 0 aliphatic rings. The lowest BCUT2D eigenvalue weighted by atomic mass is 10.3. The number of rotatable bonds is 3. The molecular formula is C10H16N2S. The highest BCUT2D eigenvalue weighted by Gasteiger charge is 2.07. The van der Waals surface area contributed by atoms with Crippen molar-refractivity contribution in [3.05, 3.63) is 22.7 Å². The average molecular weight is 196 g/mol. The van der Waals surface area contributed by atoms with Gasteiger partial charge in [-0.2, -0.15) is 0 Å². The van der Waals surface area contributed by atoms with Gasteiger partial charge >= 0.3 is 0 Å². The molecule has 0 unspecified atom stereocenters. The maximum atomic E-state index is 4.47. The van der Waals surface area contributed by atoms with E-state index >= 15 is 0 Å². The molecule has 1 aromatic heterocycles. The number of hydrogen-bond donors (Lipinski definition) is 0. The van der Waals surface area contributed by atoms with Gasteiger partial charge in [0.1, 0.15) is 0 Å². The van der Waals surface area contributed by atoms with Gasteiger partial charge in [0.15, 0.2) is 5.13 Å². The molecule has 72 valence electrons. The van der Waals surface area contributed by atoms with Crippen LogP contribution in [0.15, 0.2) is 12.2 Å². The van der Waals surface area contributed by atoms with E-state index in [2.05, 4.69) is 23.4 Å². The fraction of sp³-hybridized carbons (Fsp3) is 0.500. The van der Waals surface area contributed by atoms with Crippen LogP contribution in [-0.2, 0) is 0 Å². The zero-order chi connectivity index (χ0) is 10.0. The van der Waals surface area contributed by atoms with E-state index in [9.17, 15) is 0 Å². The molecule has 0 N–H and O–H groups in total. The topological polar surface area (TPSA) is 16.1 Å². The maximum Gasteiger partial charge on any atom is 0.185 e. The third kappa shape index (κ3) is 2.56. The first-order valence-corrected chi connectivity index (χ1v) is 5.12. The van der Waals surface area contributed by atoms with Gasteiger partial charge in [-0.15, -0.1) is 11.3 Å². The standard InChI is InChI=1S/C10H16N2S/c1-7(2)6-12(5)10-11-8(3)9(4)13-10/h1,6H2,2-5H3. The van der Waals surface area contributed by atoms with Crippen molar-refractivity contribution in [2.75, 3.05) is 18.5 Å². The molecule has 13 heavy (non-hydrogen) atoms. The van der Waals surface area contributed by atoms with Gasteiger partial charge < -0.3 is 4.90 Å². The van der Waals surface area contributed by atoms with Crippen molar-refractivity contribution in [2.45, 2.75) is 20.8 Å². The summed E-state index contributed by atoms with van der Waals surface area (Å²) in [5.41, 5.74) is 2.29. The molecule has 0 amide bonds. The molecule has 0 saturated heterocycles. The second-order valence-corrected chi connectivity index (χ2v) is 4.63. The molecule has 0 aromatic carbocycles. The molecule has 0 saturated carbocycles. The van der Waals surface area contributed by atoms with Crippen LogP contribution in [0.25, 0.3) is 0 Å². The van der Waals surface area contributed by atoms with Crippen LogP contribution in [-0.4, -0.2) is 18.6 Å². The Balaban J connectivity index is 2.77. The molecular weight excluding hydrogens is 180 g/mol. The van der Waals surface area contributed by atoms with Crippen molar-refractivity contribution >= 4 is 16.5 Å². The first-order valence-electron chi connectivity index (χ1n) is 4.30. The van der Waals surface area contributed by atoms with Crippen molar-refractivity contribution in [3.63, 3.8) is 0 Å². The fourth-order valence-corrected chi connectivity index (χ4v) is 1.96. The van der Waals surface area contributed by atoms with Crippen molar-refractivity contribution < 1.29 is 0 Å². The second-order valence-electron chi connectivity index (χ2n) is 3.45. The predicted octanol–water partition coefficient (Wildman–Crippen LogP) is 2.77. The Morgan fingerprint density at radius 3 is 2.54 bits per heavy atom. The smallest absolute Gasteiger partial charge is 0.185 e. The minimum absolute atomic E-state index is 0.881. The fourth-order valence-electron chi connectivity index (χ4n) is 1.09. The Hall–Kier alpha value is -0.830. The normalized spacial score (nSPS) is 10.2. The van der Waals surface area contributed by atoms with Crippen LogP contribution in [0.1, 0.15) is 17.5 Å². The van der Waals surface area contributed by atoms with Gasteiger partial charge in [-0.25, -0.2) is 4.98 Å². The first kappa shape index (κ1) is 10.3. The van der Waals surface area contributed by atoms with Crippen LogP contribution < -0.4 is 4.90 Å². The molecule has 3 heteroatoms. The Labute approximate surface area is 83.9 Å². The molecule has 0 radical (unpaired) electrons. The van der Waals surface area contributed by atoms with Gasteiger partial charge in [0, 0.05) is 18.5 Å². The van der Waals surface area contributed by atoms with Crippen molar-refractivity contribution in [1.29, 1.82) is 0 Å². The van der Waals surface area contributed by atoms with Crippen molar-refractivity contribution in [1.82, 2.24) is 4.98 Å². The van der Waals surface area contributed by atoms with E-state index < -0.39 is 0 Å². The first-order chi connectivity index (χ1) is 6.00. The molecule has 1 heterocycles. The highest BCUT2D eigenvalue weighted by Crippen LogP contribution is 2.24. The molecule has 0 bridgehead atoms. The summed E-state index contributed by atoms with van der Waals surface area (Å²) in [7, 11) is 2.05. The minimum atomic E-state index is 0.881. The zero-order valence-electron chi connectivity index (χ0n) is 8.72. The van der Waals surface area contributed by atoms with E-state index in [1.54, 1.807) is 11.3 Å². The Kier molecular flexibility index (Phi) is 3.09. The van der Waals surface area contributed by atoms with Crippen LogP contribution in [0, 0.1) is 13.8 Å². The quantitative estimate of drug-likeness (QED) is 0.691. The lowest BCUT2D eigenvalue weighted by Crippen LogP contribution is -2.18. The summed E-state index contributed by atoms with van der Waals surface area (Å²) in [6.45, 7) is 10.9. The van der Waals surface area contributed by atoms with E-state index in [4.69, 9.17) is 0 Å². The average Bonchev–Trinajstić information content (AvgIpc) is 2.31.